The molecule has 0 aliphatic carbocycles. The molecule has 0 atom stereocenters. The maximum atomic E-state index is 12.4. The minimum absolute atomic E-state index is 0.125. The maximum Gasteiger partial charge on any atom is 0.363 e. The van der Waals surface area contributed by atoms with Crippen molar-refractivity contribution in [3.63, 3.8) is 0 Å². The van der Waals surface area contributed by atoms with E-state index < -0.39 is 5.97 Å². The molecule has 5 nitrogen and oxygen atoms in total. The molecule has 0 radical (unpaired) electrons. The Balaban J connectivity index is 1.55. The summed E-state index contributed by atoms with van der Waals surface area (Å²) < 4.78 is 17.5. The lowest BCUT2D eigenvalue weighted by molar-refractivity contribution is -0.129. The minimum atomic E-state index is -0.575. The highest BCUT2D eigenvalue weighted by atomic mass is 79.9. The van der Waals surface area contributed by atoms with Crippen LogP contribution in [0.3, 0.4) is 0 Å². The second kappa shape index (κ2) is 10.4. The van der Waals surface area contributed by atoms with Crippen LogP contribution >= 0.6 is 39.1 Å². The molecule has 0 bridgehead atoms. The number of carbonyl (C=O) groups excluding carboxylic acids is 1. The normalized spacial score (nSPS) is 14.2. The van der Waals surface area contributed by atoms with Gasteiger partial charge in [-0.25, -0.2) is 9.79 Å². The van der Waals surface area contributed by atoms with Crippen LogP contribution in [0.1, 0.15) is 16.7 Å². The number of methoxy groups -OCH3 is 1. The summed E-state index contributed by atoms with van der Waals surface area (Å²) in [6.45, 7) is 0.487. The highest BCUT2D eigenvalue weighted by Gasteiger charge is 2.26. The molecular formula is C25H18BrCl2NO4. The first-order chi connectivity index (χ1) is 15.9. The molecule has 33 heavy (non-hydrogen) atoms. The highest BCUT2D eigenvalue weighted by Crippen LogP contribution is 2.38. The predicted molar refractivity (Wildman–Crippen MR) is 133 cm³/mol. The third kappa shape index (κ3) is 5.58. The van der Waals surface area contributed by atoms with E-state index in [9.17, 15) is 4.79 Å². The SMILES string of the molecule is COc1cc(/C=C2\N=C(c3ccc(Cl)cc3Cl)OC2=O)cc(Br)c1OCCc1ccccc1. The highest BCUT2D eigenvalue weighted by molar-refractivity contribution is 9.10. The summed E-state index contributed by atoms with van der Waals surface area (Å²) in [5.41, 5.74) is 2.50. The average Bonchev–Trinajstić information content (AvgIpc) is 3.15. The molecule has 0 amide bonds. The van der Waals surface area contributed by atoms with Crippen molar-refractivity contribution >= 4 is 57.1 Å². The van der Waals surface area contributed by atoms with Crippen molar-refractivity contribution < 1.29 is 19.0 Å². The van der Waals surface area contributed by atoms with Crippen LogP contribution < -0.4 is 9.47 Å². The zero-order valence-corrected chi connectivity index (χ0v) is 20.6. The molecule has 0 unspecified atom stereocenters. The van der Waals surface area contributed by atoms with Gasteiger partial charge in [-0.2, -0.15) is 0 Å². The summed E-state index contributed by atoms with van der Waals surface area (Å²) >= 11 is 15.7. The molecule has 0 spiro atoms. The van der Waals surface area contributed by atoms with Crippen LogP contribution in [0.4, 0.5) is 0 Å². The molecule has 3 aromatic carbocycles. The Morgan fingerprint density at radius 3 is 2.61 bits per heavy atom. The van der Waals surface area contributed by atoms with Gasteiger partial charge in [0.05, 0.1) is 28.8 Å². The number of ether oxygens (including phenoxy) is 3. The Morgan fingerprint density at radius 2 is 1.88 bits per heavy atom. The van der Waals surface area contributed by atoms with E-state index in [1.165, 1.54) is 5.56 Å². The van der Waals surface area contributed by atoms with Crippen LogP contribution in [0, 0.1) is 0 Å². The van der Waals surface area contributed by atoms with Gasteiger partial charge in [-0.15, -0.1) is 0 Å². The Morgan fingerprint density at radius 1 is 1.09 bits per heavy atom. The van der Waals surface area contributed by atoms with Crippen LogP contribution in [0.25, 0.3) is 6.08 Å². The Hall–Kier alpha value is -2.80. The van der Waals surface area contributed by atoms with Crippen LogP contribution in [-0.2, 0) is 16.0 Å². The summed E-state index contributed by atoms with van der Waals surface area (Å²) in [6, 6.07) is 18.5. The van der Waals surface area contributed by atoms with Crippen molar-refractivity contribution in [2.75, 3.05) is 13.7 Å². The summed E-state index contributed by atoms with van der Waals surface area (Å²) in [7, 11) is 1.56. The van der Waals surface area contributed by atoms with Crippen LogP contribution in [0.2, 0.25) is 10.0 Å². The maximum absolute atomic E-state index is 12.4. The molecule has 168 valence electrons. The Labute approximate surface area is 209 Å². The lowest BCUT2D eigenvalue weighted by atomic mass is 10.1. The predicted octanol–water partition coefficient (Wildman–Crippen LogP) is 6.73. The van der Waals surface area contributed by atoms with Gasteiger partial charge in [-0.05, 0) is 63.5 Å². The quantitative estimate of drug-likeness (QED) is 0.243. The second-order valence-corrected chi connectivity index (χ2v) is 8.78. The third-order valence-electron chi connectivity index (χ3n) is 4.82. The van der Waals surface area contributed by atoms with Crippen molar-refractivity contribution in [1.29, 1.82) is 0 Å². The van der Waals surface area contributed by atoms with E-state index in [0.717, 1.165) is 6.42 Å². The van der Waals surface area contributed by atoms with E-state index in [-0.39, 0.29) is 11.6 Å². The summed E-state index contributed by atoms with van der Waals surface area (Å²) in [4.78, 5) is 16.7. The fraction of sp³-hybridized carbons (Fsp3) is 0.120. The van der Waals surface area contributed by atoms with E-state index in [4.69, 9.17) is 37.4 Å². The summed E-state index contributed by atoms with van der Waals surface area (Å²) in [5.74, 6) is 0.663. The Bertz CT molecular complexity index is 1260. The van der Waals surface area contributed by atoms with Crippen molar-refractivity contribution in [3.05, 3.63) is 97.6 Å². The van der Waals surface area contributed by atoms with Gasteiger partial charge >= 0.3 is 5.97 Å². The molecule has 4 rings (SSSR count). The largest absolute Gasteiger partial charge is 0.493 e. The average molecular weight is 547 g/mol. The molecule has 0 N–H and O–H groups in total. The molecule has 1 heterocycles. The van der Waals surface area contributed by atoms with Gasteiger partial charge in [0.2, 0.25) is 5.90 Å². The van der Waals surface area contributed by atoms with Crippen LogP contribution in [0.15, 0.2) is 75.8 Å². The van der Waals surface area contributed by atoms with Gasteiger partial charge in [-0.1, -0.05) is 53.5 Å². The molecule has 0 aromatic heterocycles. The lowest BCUT2D eigenvalue weighted by Gasteiger charge is -2.13. The molecule has 8 heteroatoms. The first-order valence-corrected chi connectivity index (χ1v) is 11.5. The van der Waals surface area contributed by atoms with Crippen molar-refractivity contribution in [3.8, 4) is 11.5 Å². The molecule has 0 saturated heterocycles. The fourth-order valence-corrected chi connectivity index (χ4v) is 4.29. The second-order valence-electron chi connectivity index (χ2n) is 7.08. The standard InChI is InChI=1S/C25H18BrCl2NO4/c1-31-22-13-16(11-19(26)23(22)32-10-9-15-5-3-2-4-6-15)12-21-25(30)33-24(29-21)18-8-7-17(27)14-20(18)28/h2-8,11-14H,9-10H2,1H3/b21-12-. The van der Waals surface area contributed by atoms with Gasteiger partial charge in [0.25, 0.3) is 0 Å². The zero-order chi connectivity index (χ0) is 23.4. The number of carbonyl (C=O) groups is 1. The van der Waals surface area contributed by atoms with Crippen LogP contribution in [0.5, 0.6) is 11.5 Å². The first-order valence-electron chi connectivity index (χ1n) is 9.97. The van der Waals surface area contributed by atoms with Gasteiger partial charge in [-0.3, -0.25) is 0 Å². The molecule has 1 aliphatic rings. The molecule has 0 saturated carbocycles. The topological polar surface area (TPSA) is 57.1 Å². The van der Waals surface area contributed by atoms with Crippen molar-refractivity contribution in [2.24, 2.45) is 4.99 Å². The van der Waals surface area contributed by atoms with E-state index in [1.807, 2.05) is 24.3 Å². The third-order valence-corrected chi connectivity index (χ3v) is 5.95. The monoisotopic (exact) mass is 545 g/mol. The smallest absolute Gasteiger partial charge is 0.363 e. The van der Waals surface area contributed by atoms with Gasteiger partial charge < -0.3 is 14.2 Å². The number of rotatable bonds is 7. The summed E-state index contributed by atoms with van der Waals surface area (Å²) in [6.07, 6.45) is 2.37. The fourth-order valence-electron chi connectivity index (χ4n) is 3.22. The number of cyclic esters (lactones) is 1. The molecular weight excluding hydrogens is 529 g/mol. The number of nitrogens with zero attached hydrogens (tertiary/aromatic N) is 1. The van der Waals surface area contributed by atoms with E-state index in [0.29, 0.717) is 43.8 Å². The van der Waals surface area contributed by atoms with Crippen molar-refractivity contribution in [1.82, 2.24) is 0 Å². The Kier molecular flexibility index (Phi) is 7.38. The van der Waals surface area contributed by atoms with E-state index in [1.54, 1.807) is 37.5 Å². The van der Waals surface area contributed by atoms with E-state index >= 15 is 0 Å². The number of esters is 1. The minimum Gasteiger partial charge on any atom is -0.493 e. The van der Waals surface area contributed by atoms with Crippen LogP contribution in [-0.4, -0.2) is 25.6 Å². The number of hydrogen-bond acceptors (Lipinski definition) is 5. The molecule has 0 fully saturated rings. The zero-order valence-electron chi connectivity index (χ0n) is 17.5. The molecule has 3 aromatic rings. The first kappa shape index (κ1) is 23.4. The number of aliphatic imine (C=N–C) groups is 1. The van der Waals surface area contributed by atoms with E-state index in [2.05, 4.69) is 33.1 Å². The van der Waals surface area contributed by atoms with Gasteiger partial charge in [0.1, 0.15) is 0 Å². The summed E-state index contributed by atoms with van der Waals surface area (Å²) in [5, 5.41) is 0.823. The van der Waals surface area contributed by atoms with Gasteiger partial charge in [0.15, 0.2) is 17.2 Å². The van der Waals surface area contributed by atoms with Crippen molar-refractivity contribution in [2.45, 2.75) is 6.42 Å². The molecule has 1 aliphatic heterocycles. The number of hydrogen-bond donors (Lipinski definition) is 0. The van der Waals surface area contributed by atoms with Gasteiger partial charge in [0, 0.05) is 11.4 Å². The lowest BCUT2D eigenvalue weighted by Crippen LogP contribution is -2.06. The number of halogens is 3. The number of benzene rings is 3.